The third kappa shape index (κ3) is 7.86. The molecule has 0 aliphatic carbocycles. The lowest BCUT2D eigenvalue weighted by Gasteiger charge is -2.33. The molecule has 2 amide bonds. The van der Waals surface area contributed by atoms with Crippen molar-refractivity contribution in [3.63, 3.8) is 0 Å². The Morgan fingerprint density at radius 2 is 1.77 bits per heavy atom. The van der Waals surface area contributed by atoms with Crippen molar-refractivity contribution in [2.75, 3.05) is 24.2 Å². The first-order chi connectivity index (χ1) is 16.5. The van der Waals surface area contributed by atoms with Crippen LogP contribution in [0, 0.1) is 0 Å². The van der Waals surface area contributed by atoms with Gasteiger partial charge in [0.15, 0.2) is 0 Å². The summed E-state index contributed by atoms with van der Waals surface area (Å²) in [7, 11) is -2.35. The van der Waals surface area contributed by atoms with E-state index in [-0.39, 0.29) is 24.2 Å². The number of sulfonamides is 1. The lowest BCUT2D eigenvalue weighted by molar-refractivity contribution is -0.140. The highest BCUT2D eigenvalue weighted by atomic mass is 35.5. The van der Waals surface area contributed by atoms with Crippen LogP contribution in [0.15, 0.2) is 48.5 Å². The normalized spacial score (nSPS) is 13.0. The van der Waals surface area contributed by atoms with Crippen molar-refractivity contribution in [1.82, 2.24) is 10.2 Å². The number of carbonyl (C=O) groups excluding carboxylic acids is 2. The van der Waals surface area contributed by atoms with Crippen LogP contribution in [0.2, 0.25) is 5.02 Å². The van der Waals surface area contributed by atoms with E-state index in [9.17, 15) is 18.0 Å². The predicted molar refractivity (Wildman–Crippen MR) is 139 cm³/mol. The van der Waals surface area contributed by atoms with Gasteiger partial charge in [-0.15, -0.1) is 0 Å². The number of hydrogen-bond donors (Lipinski definition) is 1. The third-order valence-electron chi connectivity index (χ3n) is 5.71. The number of nitrogens with zero attached hydrogens (tertiary/aromatic N) is 2. The molecule has 10 heteroatoms. The Labute approximate surface area is 213 Å². The highest BCUT2D eigenvalue weighted by molar-refractivity contribution is 7.92. The van der Waals surface area contributed by atoms with Crippen LogP contribution in [0.25, 0.3) is 0 Å². The number of methoxy groups -OCH3 is 1. The van der Waals surface area contributed by atoms with Gasteiger partial charge in [0.05, 0.1) is 19.1 Å². The number of benzene rings is 2. The lowest BCUT2D eigenvalue weighted by Crippen LogP contribution is -2.53. The second-order valence-corrected chi connectivity index (χ2v) is 10.6. The summed E-state index contributed by atoms with van der Waals surface area (Å²) in [6, 6.07) is 12.6. The molecule has 1 N–H and O–H groups in total. The van der Waals surface area contributed by atoms with E-state index in [1.54, 1.807) is 48.5 Å². The van der Waals surface area contributed by atoms with Crippen molar-refractivity contribution < 1.29 is 22.7 Å². The smallest absolute Gasteiger partial charge is 0.244 e. The monoisotopic (exact) mass is 523 g/mol. The largest absolute Gasteiger partial charge is 0.497 e. The van der Waals surface area contributed by atoms with Crippen LogP contribution in [0.1, 0.15) is 39.2 Å². The molecule has 0 fully saturated rings. The van der Waals surface area contributed by atoms with Gasteiger partial charge in [0.25, 0.3) is 0 Å². The van der Waals surface area contributed by atoms with E-state index in [1.165, 1.54) is 12.0 Å². The average molecular weight is 524 g/mol. The zero-order valence-electron chi connectivity index (χ0n) is 20.8. The Hall–Kier alpha value is -2.78. The summed E-state index contributed by atoms with van der Waals surface area (Å²) >= 11 is 6.36. The standard InChI is InChI=1S/C25H34ClN3O5S/c1-6-18(3)27-25(31)23(7-2)28(16-19-11-8-9-14-22(19)26)24(30)17-29(35(5,32)33)20-12-10-13-21(15-20)34-4/h8-15,18,23H,6-7,16-17H2,1-5H3,(H,27,31)/t18-,23+/m0/s1. The van der Waals surface area contributed by atoms with Gasteiger partial charge < -0.3 is 15.0 Å². The maximum Gasteiger partial charge on any atom is 0.244 e. The Morgan fingerprint density at radius 1 is 1.09 bits per heavy atom. The molecule has 2 aromatic carbocycles. The quantitative estimate of drug-likeness (QED) is 0.456. The number of amides is 2. The van der Waals surface area contributed by atoms with Crippen molar-refractivity contribution in [1.29, 1.82) is 0 Å². The summed E-state index contributed by atoms with van der Waals surface area (Å²) < 4.78 is 31.6. The minimum atomic E-state index is -3.82. The average Bonchev–Trinajstić information content (AvgIpc) is 2.82. The van der Waals surface area contributed by atoms with Gasteiger partial charge in [0.2, 0.25) is 21.8 Å². The summed E-state index contributed by atoms with van der Waals surface area (Å²) in [6.07, 6.45) is 2.11. The van der Waals surface area contributed by atoms with E-state index in [1.807, 2.05) is 20.8 Å². The summed E-state index contributed by atoms with van der Waals surface area (Å²) in [6.45, 7) is 5.23. The van der Waals surface area contributed by atoms with Crippen LogP contribution >= 0.6 is 11.6 Å². The number of hydrogen-bond acceptors (Lipinski definition) is 5. The van der Waals surface area contributed by atoms with Crippen LogP contribution in [0.4, 0.5) is 5.69 Å². The van der Waals surface area contributed by atoms with Gasteiger partial charge in [-0.1, -0.05) is 49.7 Å². The molecule has 0 aromatic heterocycles. The Kier molecular flexibility index (Phi) is 10.4. The molecule has 2 atom stereocenters. The molecule has 0 unspecified atom stereocenters. The molecule has 0 saturated heterocycles. The maximum atomic E-state index is 13.7. The van der Waals surface area contributed by atoms with Crippen molar-refractivity contribution in [2.45, 2.75) is 52.2 Å². The third-order valence-corrected chi connectivity index (χ3v) is 7.22. The van der Waals surface area contributed by atoms with Gasteiger partial charge in [-0.3, -0.25) is 13.9 Å². The molecule has 0 aliphatic rings. The summed E-state index contributed by atoms with van der Waals surface area (Å²) in [5.41, 5.74) is 0.944. The molecule has 8 nitrogen and oxygen atoms in total. The lowest BCUT2D eigenvalue weighted by atomic mass is 10.1. The minimum absolute atomic E-state index is 0.0562. The SMILES string of the molecule is CC[C@H](C(=O)N[C@@H](C)CC)N(Cc1ccccc1Cl)C(=O)CN(c1cccc(OC)c1)S(C)(=O)=O. The second kappa shape index (κ2) is 12.8. The fraction of sp³-hybridized carbons (Fsp3) is 0.440. The van der Waals surface area contributed by atoms with Gasteiger partial charge in [-0.05, 0) is 43.5 Å². The Morgan fingerprint density at radius 3 is 2.34 bits per heavy atom. The Bertz CT molecular complexity index is 1130. The highest BCUT2D eigenvalue weighted by Gasteiger charge is 2.32. The number of anilines is 1. The van der Waals surface area contributed by atoms with Crippen molar-refractivity contribution in [2.24, 2.45) is 0 Å². The van der Waals surface area contributed by atoms with E-state index >= 15 is 0 Å². The summed E-state index contributed by atoms with van der Waals surface area (Å²) in [5, 5.41) is 3.39. The molecular weight excluding hydrogens is 490 g/mol. The van der Waals surface area contributed by atoms with E-state index in [0.29, 0.717) is 22.8 Å². The van der Waals surface area contributed by atoms with Crippen molar-refractivity contribution >= 4 is 39.1 Å². The van der Waals surface area contributed by atoms with E-state index < -0.39 is 28.5 Å². The molecular formula is C25H34ClN3O5S. The molecule has 0 aliphatic heterocycles. The fourth-order valence-electron chi connectivity index (χ4n) is 3.55. The van der Waals surface area contributed by atoms with Gasteiger partial charge >= 0.3 is 0 Å². The zero-order valence-corrected chi connectivity index (χ0v) is 22.4. The predicted octanol–water partition coefficient (Wildman–Crippen LogP) is 3.84. The molecule has 35 heavy (non-hydrogen) atoms. The number of rotatable bonds is 12. The summed E-state index contributed by atoms with van der Waals surface area (Å²) in [5.74, 6) is -0.366. The first-order valence-electron chi connectivity index (χ1n) is 11.5. The Balaban J connectivity index is 2.46. The molecule has 2 rings (SSSR count). The molecule has 2 aromatic rings. The first-order valence-corrected chi connectivity index (χ1v) is 13.7. The molecule has 0 bridgehead atoms. The number of nitrogens with one attached hydrogen (secondary N) is 1. The molecule has 192 valence electrons. The van der Waals surface area contributed by atoms with Crippen LogP contribution < -0.4 is 14.4 Å². The second-order valence-electron chi connectivity index (χ2n) is 8.33. The highest BCUT2D eigenvalue weighted by Crippen LogP contribution is 2.25. The van der Waals surface area contributed by atoms with Gasteiger partial charge in [-0.25, -0.2) is 8.42 Å². The van der Waals surface area contributed by atoms with E-state index in [0.717, 1.165) is 17.0 Å². The first kappa shape index (κ1) is 28.5. The van der Waals surface area contributed by atoms with Crippen molar-refractivity contribution in [3.05, 3.63) is 59.1 Å². The van der Waals surface area contributed by atoms with E-state index in [4.69, 9.17) is 16.3 Å². The number of ether oxygens (including phenoxy) is 1. The molecule has 0 heterocycles. The van der Waals surface area contributed by atoms with Crippen LogP contribution in [-0.4, -0.2) is 57.1 Å². The fourth-order valence-corrected chi connectivity index (χ4v) is 4.59. The topological polar surface area (TPSA) is 96.0 Å². The van der Waals surface area contributed by atoms with Gasteiger partial charge in [-0.2, -0.15) is 0 Å². The maximum absolute atomic E-state index is 13.7. The molecule has 0 radical (unpaired) electrons. The number of halogens is 1. The van der Waals surface area contributed by atoms with Crippen LogP contribution in [0.5, 0.6) is 5.75 Å². The van der Waals surface area contributed by atoms with Gasteiger partial charge in [0, 0.05) is 23.7 Å². The number of carbonyl (C=O) groups is 2. The van der Waals surface area contributed by atoms with Crippen molar-refractivity contribution in [3.8, 4) is 5.75 Å². The zero-order chi connectivity index (χ0) is 26.2. The van der Waals surface area contributed by atoms with Crippen LogP contribution in [-0.2, 0) is 26.2 Å². The van der Waals surface area contributed by atoms with E-state index in [2.05, 4.69) is 5.32 Å². The van der Waals surface area contributed by atoms with Gasteiger partial charge in [0.1, 0.15) is 18.3 Å². The molecule has 0 saturated carbocycles. The summed E-state index contributed by atoms with van der Waals surface area (Å²) in [4.78, 5) is 28.2. The molecule has 0 spiro atoms. The van der Waals surface area contributed by atoms with Crippen LogP contribution in [0.3, 0.4) is 0 Å². The minimum Gasteiger partial charge on any atom is -0.497 e.